The second-order valence-corrected chi connectivity index (χ2v) is 3.32. The van der Waals surface area contributed by atoms with Gasteiger partial charge in [-0.25, -0.2) is 9.97 Å². The summed E-state index contributed by atoms with van der Waals surface area (Å²) in [4.78, 5) is 8.42. The van der Waals surface area contributed by atoms with E-state index in [4.69, 9.17) is 8.83 Å². The maximum Gasteiger partial charge on any atom is 0.284 e. The molecule has 0 fully saturated rings. The molecule has 0 aliphatic rings. The third kappa shape index (κ3) is 1.32. The van der Waals surface area contributed by atoms with Gasteiger partial charge in [0.05, 0.1) is 11.4 Å². The van der Waals surface area contributed by atoms with E-state index in [0.29, 0.717) is 11.8 Å². The fraction of sp³-hybridized carbons (Fsp3) is 0.400. The minimum atomic E-state index is 0.455. The van der Waals surface area contributed by atoms with E-state index in [-0.39, 0.29) is 0 Å². The van der Waals surface area contributed by atoms with Crippen LogP contribution in [0.25, 0.3) is 11.8 Å². The van der Waals surface area contributed by atoms with Gasteiger partial charge >= 0.3 is 0 Å². The molecule has 0 N–H and O–H groups in total. The predicted molar refractivity (Wildman–Crippen MR) is 50.9 cm³/mol. The number of hydrogen-bond acceptors (Lipinski definition) is 4. The van der Waals surface area contributed by atoms with Gasteiger partial charge in [0.1, 0.15) is 11.5 Å². The summed E-state index contributed by atoms with van der Waals surface area (Å²) >= 11 is 0. The summed E-state index contributed by atoms with van der Waals surface area (Å²) in [6.45, 7) is 7.53. The number of aryl methyl sites for hydroxylation is 4. The highest BCUT2D eigenvalue weighted by molar-refractivity contribution is 5.40. The quantitative estimate of drug-likeness (QED) is 0.696. The second kappa shape index (κ2) is 2.97. The molecule has 4 nitrogen and oxygen atoms in total. The minimum Gasteiger partial charge on any atom is -0.438 e. The van der Waals surface area contributed by atoms with Crippen molar-refractivity contribution in [3.63, 3.8) is 0 Å². The first-order valence-corrected chi connectivity index (χ1v) is 4.46. The van der Waals surface area contributed by atoms with Gasteiger partial charge in [-0.05, 0) is 27.7 Å². The average Bonchev–Trinajstić information content (AvgIpc) is 2.60. The third-order valence-corrected chi connectivity index (χ3v) is 2.24. The first kappa shape index (κ1) is 8.99. The molecule has 0 aliphatic heterocycles. The molecule has 2 heterocycles. The molecule has 0 spiro atoms. The molecule has 2 aromatic rings. The summed E-state index contributed by atoms with van der Waals surface area (Å²) < 4.78 is 10.8. The van der Waals surface area contributed by atoms with Gasteiger partial charge in [0.25, 0.3) is 11.8 Å². The normalized spacial score (nSPS) is 10.9. The first-order valence-electron chi connectivity index (χ1n) is 4.46. The second-order valence-electron chi connectivity index (χ2n) is 3.32. The van der Waals surface area contributed by atoms with Crippen molar-refractivity contribution >= 4 is 0 Å². The number of nitrogens with zero attached hydrogens (tertiary/aromatic N) is 2. The summed E-state index contributed by atoms with van der Waals surface area (Å²) in [7, 11) is 0. The average molecular weight is 192 g/mol. The third-order valence-electron chi connectivity index (χ3n) is 2.24. The van der Waals surface area contributed by atoms with Crippen molar-refractivity contribution in [1.29, 1.82) is 0 Å². The number of hydrogen-bond donors (Lipinski definition) is 0. The van der Waals surface area contributed by atoms with E-state index in [0.717, 1.165) is 22.9 Å². The molecule has 0 bridgehead atoms. The van der Waals surface area contributed by atoms with Crippen LogP contribution in [0.1, 0.15) is 22.9 Å². The summed E-state index contributed by atoms with van der Waals surface area (Å²) in [5.41, 5.74) is 1.74. The largest absolute Gasteiger partial charge is 0.438 e. The fourth-order valence-electron chi connectivity index (χ4n) is 1.13. The van der Waals surface area contributed by atoms with Gasteiger partial charge in [0, 0.05) is 0 Å². The Morgan fingerprint density at radius 2 is 1.07 bits per heavy atom. The van der Waals surface area contributed by atoms with Crippen LogP contribution in [0.3, 0.4) is 0 Å². The smallest absolute Gasteiger partial charge is 0.284 e. The summed E-state index contributed by atoms with van der Waals surface area (Å²) in [5, 5.41) is 0. The maximum absolute atomic E-state index is 5.40. The Balaban J connectivity index is 2.49. The number of rotatable bonds is 1. The predicted octanol–water partition coefficient (Wildman–Crippen LogP) is 2.56. The molecule has 0 aliphatic carbocycles. The van der Waals surface area contributed by atoms with Gasteiger partial charge in [0.2, 0.25) is 0 Å². The molecule has 0 aromatic carbocycles. The van der Waals surface area contributed by atoms with Crippen LogP contribution < -0.4 is 0 Å². The van der Waals surface area contributed by atoms with Crippen LogP contribution in [0.15, 0.2) is 8.83 Å². The highest BCUT2D eigenvalue weighted by atomic mass is 16.4. The van der Waals surface area contributed by atoms with Crippen LogP contribution in [0, 0.1) is 27.7 Å². The van der Waals surface area contributed by atoms with Gasteiger partial charge in [-0.15, -0.1) is 0 Å². The van der Waals surface area contributed by atoms with Crippen LogP contribution in [-0.2, 0) is 0 Å². The Hall–Kier alpha value is -1.58. The molecule has 74 valence electrons. The van der Waals surface area contributed by atoms with Crippen molar-refractivity contribution in [3.05, 3.63) is 22.9 Å². The van der Waals surface area contributed by atoms with E-state index in [2.05, 4.69) is 9.97 Å². The zero-order chi connectivity index (χ0) is 10.3. The van der Waals surface area contributed by atoms with Crippen LogP contribution in [0.5, 0.6) is 0 Å². The van der Waals surface area contributed by atoms with E-state index < -0.39 is 0 Å². The topological polar surface area (TPSA) is 52.1 Å². The van der Waals surface area contributed by atoms with Crippen LogP contribution in [0.2, 0.25) is 0 Å². The standard InChI is InChI=1S/C10H12N2O2/c1-5-7(3)13-9(11-5)10-12-6(2)8(4)14-10/h1-4H3. The summed E-state index contributed by atoms with van der Waals surface area (Å²) in [6.07, 6.45) is 0. The highest BCUT2D eigenvalue weighted by Crippen LogP contribution is 2.22. The van der Waals surface area contributed by atoms with Gasteiger partial charge < -0.3 is 8.83 Å². The van der Waals surface area contributed by atoms with E-state index in [1.165, 1.54) is 0 Å². The molecule has 14 heavy (non-hydrogen) atoms. The molecule has 0 saturated heterocycles. The zero-order valence-electron chi connectivity index (χ0n) is 8.71. The van der Waals surface area contributed by atoms with E-state index in [1.54, 1.807) is 0 Å². The Bertz CT molecular complexity index is 385. The van der Waals surface area contributed by atoms with Crippen molar-refractivity contribution in [2.45, 2.75) is 27.7 Å². The van der Waals surface area contributed by atoms with E-state index >= 15 is 0 Å². The van der Waals surface area contributed by atoms with Gasteiger partial charge in [-0.2, -0.15) is 0 Å². The summed E-state index contributed by atoms with van der Waals surface area (Å²) in [5.74, 6) is 2.51. The molecule has 0 radical (unpaired) electrons. The van der Waals surface area contributed by atoms with Crippen molar-refractivity contribution in [1.82, 2.24) is 9.97 Å². The van der Waals surface area contributed by atoms with Crippen molar-refractivity contribution < 1.29 is 8.83 Å². The zero-order valence-corrected chi connectivity index (χ0v) is 8.71. The van der Waals surface area contributed by atoms with Gasteiger partial charge in [-0.3, -0.25) is 0 Å². The lowest BCUT2D eigenvalue weighted by molar-refractivity contribution is 0.482. The Morgan fingerprint density at radius 1 is 0.714 bits per heavy atom. The highest BCUT2D eigenvalue weighted by Gasteiger charge is 2.14. The van der Waals surface area contributed by atoms with Gasteiger partial charge in [-0.1, -0.05) is 0 Å². The lowest BCUT2D eigenvalue weighted by Gasteiger charge is -1.84. The number of aromatic nitrogens is 2. The van der Waals surface area contributed by atoms with Gasteiger partial charge in [0.15, 0.2) is 0 Å². The molecular weight excluding hydrogens is 180 g/mol. The Labute approximate surface area is 82.0 Å². The maximum atomic E-state index is 5.40. The Morgan fingerprint density at radius 3 is 1.29 bits per heavy atom. The summed E-state index contributed by atoms with van der Waals surface area (Å²) in [6, 6.07) is 0. The molecule has 4 heteroatoms. The first-order chi connectivity index (χ1) is 6.58. The van der Waals surface area contributed by atoms with Crippen LogP contribution >= 0.6 is 0 Å². The molecule has 2 rings (SSSR count). The SMILES string of the molecule is Cc1nc(-c2nc(C)c(C)o2)oc1C. The number of oxazole rings is 2. The lowest BCUT2D eigenvalue weighted by atomic mass is 10.4. The molecule has 0 unspecified atom stereocenters. The minimum absolute atomic E-state index is 0.455. The fourth-order valence-corrected chi connectivity index (χ4v) is 1.13. The molecule has 2 aromatic heterocycles. The molecular formula is C10H12N2O2. The monoisotopic (exact) mass is 192 g/mol. The molecule has 0 amide bonds. The van der Waals surface area contributed by atoms with Crippen molar-refractivity contribution in [3.8, 4) is 11.8 Å². The van der Waals surface area contributed by atoms with Crippen LogP contribution in [-0.4, -0.2) is 9.97 Å². The van der Waals surface area contributed by atoms with E-state index in [1.807, 2.05) is 27.7 Å². The Kier molecular flexibility index (Phi) is 1.91. The van der Waals surface area contributed by atoms with Crippen molar-refractivity contribution in [2.24, 2.45) is 0 Å². The molecule has 0 saturated carbocycles. The molecule has 0 atom stereocenters. The van der Waals surface area contributed by atoms with E-state index in [9.17, 15) is 0 Å². The van der Waals surface area contributed by atoms with Crippen molar-refractivity contribution in [2.75, 3.05) is 0 Å². The lowest BCUT2D eigenvalue weighted by Crippen LogP contribution is -1.78. The van der Waals surface area contributed by atoms with Crippen LogP contribution in [0.4, 0.5) is 0 Å².